The highest BCUT2D eigenvalue weighted by atomic mass is 127. The lowest BCUT2D eigenvalue weighted by molar-refractivity contribution is 0.102. The lowest BCUT2D eigenvalue weighted by atomic mass is 10.1. The van der Waals surface area contributed by atoms with Gasteiger partial charge in [-0.05, 0) is 34.7 Å². The molecule has 12 heavy (non-hydrogen) atoms. The number of halogens is 2. The van der Waals surface area contributed by atoms with Crippen LogP contribution in [0, 0.1) is 3.57 Å². The van der Waals surface area contributed by atoms with Crippen LogP contribution in [0.1, 0.15) is 10.4 Å². The van der Waals surface area contributed by atoms with E-state index in [0.717, 1.165) is 3.57 Å². The molecule has 0 heterocycles. The van der Waals surface area contributed by atoms with Crippen molar-refractivity contribution in [2.45, 2.75) is 0 Å². The van der Waals surface area contributed by atoms with E-state index in [-0.39, 0.29) is 5.78 Å². The topological polar surface area (TPSA) is 43.1 Å². The molecule has 0 radical (unpaired) electrons. The van der Waals surface area contributed by atoms with Crippen LogP contribution in [0.3, 0.4) is 0 Å². The quantitative estimate of drug-likeness (QED) is 0.389. The Labute approximate surface area is 92.8 Å². The maximum atomic E-state index is 11.2. The largest absolute Gasteiger partial charge is 0.398 e. The number of nitrogen functional groups attached to an aromatic ring is 1. The number of rotatable bonds is 2. The summed E-state index contributed by atoms with van der Waals surface area (Å²) in [6, 6.07) is 5.32. The number of alkyl halides is 1. The summed E-state index contributed by atoms with van der Waals surface area (Å²) in [6.07, 6.45) is 0. The number of ketones is 1. The van der Waals surface area contributed by atoms with E-state index in [0.29, 0.717) is 16.6 Å². The fourth-order valence-corrected chi connectivity index (χ4v) is 1.45. The van der Waals surface area contributed by atoms with Gasteiger partial charge in [-0.25, -0.2) is 0 Å². The first-order chi connectivity index (χ1) is 5.65. The van der Waals surface area contributed by atoms with Crippen molar-refractivity contribution in [3.05, 3.63) is 27.3 Å². The summed E-state index contributed by atoms with van der Waals surface area (Å²) in [6.45, 7) is 0. The molecule has 0 spiro atoms. The Morgan fingerprint density at radius 1 is 1.58 bits per heavy atom. The second-order valence-corrected chi connectivity index (χ2v) is 4.02. The molecule has 0 fully saturated rings. The molecule has 0 bridgehead atoms. The highest BCUT2D eigenvalue weighted by molar-refractivity contribution is 14.1. The second kappa shape index (κ2) is 4.23. The van der Waals surface area contributed by atoms with Crippen molar-refractivity contribution >= 4 is 50.0 Å². The maximum absolute atomic E-state index is 11.2. The van der Waals surface area contributed by atoms with Gasteiger partial charge in [0, 0.05) is 14.8 Å². The van der Waals surface area contributed by atoms with Crippen LogP contribution in [0.25, 0.3) is 0 Å². The summed E-state index contributed by atoms with van der Waals surface area (Å²) in [4.78, 5) is 11.2. The van der Waals surface area contributed by atoms with E-state index < -0.39 is 0 Å². The minimum Gasteiger partial charge on any atom is -0.398 e. The maximum Gasteiger partial charge on any atom is 0.173 e. The van der Waals surface area contributed by atoms with Gasteiger partial charge < -0.3 is 5.73 Å². The number of benzene rings is 1. The zero-order valence-corrected chi connectivity index (χ0v) is 9.92. The van der Waals surface area contributed by atoms with Gasteiger partial charge in [0.15, 0.2) is 5.78 Å². The molecule has 0 atom stereocenters. The molecule has 0 aliphatic carbocycles. The molecule has 1 aromatic rings. The first-order valence-electron chi connectivity index (χ1n) is 3.29. The van der Waals surface area contributed by atoms with Crippen molar-refractivity contribution in [3.8, 4) is 0 Å². The number of carbonyl (C=O) groups is 1. The molecular weight excluding hydrogens is 333 g/mol. The second-order valence-electron chi connectivity index (χ2n) is 2.29. The summed E-state index contributed by atoms with van der Waals surface area (Å²) in [5.41, 5.74) is 6.95. The van der Waals surface area contributed by atoms with E-state index in [1.54, 1.807) is 12.1 Å². The molecule has 0 aliphatic heterocycles. The molecule has 64 valence electrons. The van der Waals surface area contributed by atoms with Crippen molar-refractivity contribution in [2.75, 3.05) is 11.1 Å². The van der Waals surface area contributed by atoms with Crippen molar-refractivity contribution < 1.29 is 4.79 Å². The Hall–Kier alpha value is -0.100. The molecule has 2 N–H and O–H groups in total. The van der Waals surface area contributed by atoms with Gasteiger partial charge in [0.2, 0.25) is 0 Å². The summed E-state index contributed by atoms with van der Waals surface area (Å²) < 4.78 is 0.971. The van der Waals surface area contributed by atoms with Gasteiger partial charge in [-0.15, -0.1) is 0 Å². The first-order valence-corrected chi connectivity index (χ1v) is 5.49. The van der Waals surface area contributed by atoms with Gasteiger partial charge in [-0.1, -0.05) is 22.0 Å². The predicted octanol–water partition coefficient (Wildman–Crippen LogP) is 2.45. The van der Waals surface area contributed by atoms with E-state index in [1.807, 2.05) is 6.07 Å². The van der Waals surface area contributed by atoms with Gasteiger partial charge >= 0.3 is 0 Å². The van der Waals surface area contributed by atoms with Crippen LogP contribution < -0.4 is 5.73 Å². The Morgan fingerprint density at radius 2 is 2.25 bits per heavy atom. The van der Waals surface area contributed by atoms with E-state index in [9.17, 15) is 4.79 Å². The molecular formula is C8H7BrINO. The zero-order chi connectivity index (χ0) is 9.14. The van der Waals surface area contributed by atoms with Crippen LogP contribution in [0.5, 0.6) is 0 Å². The number of anilines is 1. The first kappa shape index (κ1) is 9.98. The average molecular weight is 340 g/mol. The van der Waals surface area contributed by atoms with Gasteiger partial charge in [0.05, 0.1) is 5.33 Å². The van der Waals surface area contributed by atoms with Gasteiger partial charge in [0.1, 0.15) is 0 Å². The Bertz CT molecular complexity index is 314. The molecule has 4 heteroatoms. The minimum atomic E-state index is 0.0538. The zero-order valence-electron chi connectivity index (χ0n) is 6.18. The van der Waals surface area contributed by atoms with Gasteiger partial charge in [0.25, 0.3) is 0 Å². The van der Waals surface area contributed by atoms with Crippen LogP contribution in [0.4, 0.5) is 5.69 Å². The van der Waals surface area contributed by atoms with E-state index in [2.05, 4.69) is 38.5 Å². The number of hydrogen-bond acceptors (Lipinski definition) is 2. The van der Waals surface area contributed by atoms with Crippen LogP contribution in [-0.4, -0.2) is 11.1 Å². The van der Waals surface area contributed by atoms with Gasteiger partial charge in [-0.3, -0.25) is 4.79 Å². The molecule has 0 aromatic heterocycles. The van der Waals surface area contributed by atoms with Crippen LogP contribution in [0.2, 0.25) is 0 Å². The summed E-state index contributed by atoms with van der Waals surface area (Å²) in [7, 11) is 0. The van der Waals surface area contributed by atoms with Crippen LogP contribution >= 0.6 is 38.5 Å². The molecule has 1 aromatic carbocycles. The van der Waals surface area contributed by atoms with Crippen molar-refractivity contribution in [2.24, 2.45) is 0 Å². The monoisotopic (exact) mass is 339 g/mol. The van der Waals surface area contributed by atoms with E-state index in [4.69, 9.17) is 5.73 Å². The van der Waals surface area contributed by atoms with Crippen LogP contribution in [0.15, 0.2) is 18.2 Å². The van der Waals surface area contributed by atoms with E-state index >= 15 is 0 Å². The highest BCUT2D eigenvalue weighted by Gasteiger charge is 2.04. The molecule has 0 saturated heterocycles. The molecule has 0 saturated carbocycles. The number of hydrogen-bond donors (Lipinski definition) is 1. The van der Waals surface area contributed by atoms with Crippen molar-refractivity contribution in [1.29, 1.82) is 0 Å². The Morgan fingerprint density at radius 3 is 2.75 bits per heavy atom. The SMILES string of the molecule is Nc1cc(C(=O)CBr)ccc1I. The van der Waals surface area contributed by atoms with Crippen LogP contribution in [-0.2, 0) is 0 Å². The average Bonchev–Trinajstić information content (AvgIpc) is 2.08. The number of carbonyl (C=O) groups excluding carboxylic acids is 1. The fraction of sp³-hybridized carbons (Fsp3) is 0.125. The third-order valence-electron chi connectivity index (χ3n) is 1.44. The standard InChI is InChI=1S/C8H7BrINO/c9-4-8(12)5-1-2-6(10)7(11)3-5/h1-3H,4,11H2. The molecule has 0 aliphatic rings. The molecule has 0 unspecified atom stereocenters. The normalized spacial score (nSPS) is 9.83. The fourth-order valence-electron chi connectivity index (χ4n) is 0.794. The molecule has 2 nitrogen and oxygen atoms in total. The van der Waals surface area contributed by atoms with Crippen molar-refractivity contribution in [1.82, 2.24) is 0 Å². The Kier molecular flexibility index (Phi) is 3.52. The third kappa shape index (κ3) is 2.20. The predicted molar refractivity (Wildman–Crippen MR) is 61.7 cm³/mol. The third-order valence-corrected chi connectivity index (χ3v) is 2.93. The van der Waals surface area contributed by atoms with Gasteiger partial charge in [-0.2, -0.15) is 0 Å². The lowest BCUT2D eigenvalue weighted by Crippen LogP contribution is -2.01. The summed E-state index contributed by atoms with van der Waals surface area (Å²) in [5.74, 6) is 0.0538. The summed E-state index contributed by atoms with van der Waals surface area (Å²) >= 11 is 5.23. The van der Waals surface area contributed by atoms with Crippen molar-refractivity contribution in [3.63, 3.8) is 0 Å². The molecule has 1 rings (SSSR count). The minimum absolute atomic E-state index is 0.0538. The molecule has 0 amide bonds. The Balaban J connectivity index is 3.05. The smallest absolute Gasteiger partial charge is 0.173 e. The highest BCUT2D eigenvalue weighted by Crippen LogP contribution is 2.16. The number of Topliss-reactive ketones (excluding diaryl/α,β-unsaturated/α-hetero) is 1. The summed E-state index contributed by atoms with van der Waals surface area (Å²) in [5, 5.41) is 0.340. The van der Waals surface area contributed by atoms with E-state index in [1.165, 1.54) is 0 Å². The lowest BCUT2D eigenvalue weighted by Gasteiger charge is -2.00. The number of nitrogens with two attached hydrogens (primary N) is 1.